The molecule has 2 saturated carbocycles. The van der Waals surface area contributed by atoms with Gasteiger partial charge in [-0.15, -0.1) is 0 Å². The molecule has 7 atom stereocenters. The minimum atomic E-state index is -2.69. The van der Waals surface area contributed by atoms with Gasteiger partial charge in [0.2, 0.25) is 5.91 Å². The molecule has 40 heavy (non-hydrogen) atoms. The number of ketones is 3. The van der Waals surface area contributed by atoms with E-state index in [0.717, 1.165) is 11.1 Å². The Balaban J connectivity index is 1.64. The van der Waals surface area contributed by atoms with Crippen LogP contribution in [0.3, 0.4) is 0 Å². The van der Waals surface area contributed by atoms with E-state index in [1.54, 1.807) is 31.1 Å². The maximum atomic E-state index is 14.0. The molecule has 0 spiro atoms. The number of methoxy groups -OCH3 is 1. The van der Waals surface area contributed by atoms with Crippen molar-refractivity contribution in [2.45, 2.75) is 37.1 Å². The molecular formula is C29H33N3O8. The number of nitrogens with two attached hydrogens (primary N) is 2. The molecule has 0 radical (unpaired) electrons. The zero-order valence-corrected chi connectivity index (χ0v) is 22.5. The smallest absolute Gasteiger partial charge is 0.230 e. The number of aliphatic hydroxyl groups excluding tert-OH is 1. The largest absolute Gasteiger partial charge is 0.507 e. The van der Waals surface area contributed by atoms with Crippen LogP contribution in [0.1, 0.15) is 27.9 Å². The molecular weight excluding hydrogens is 518 g/mol. The van der Waals surface area contributed by atoms with E-state index in [2.05, 4.69) is 0 Å². The van der Waals surface area contributed by atoms with Crippen molar-refractivity contribution >= 4 is 23.3 Å². The Labute approximate surface area is 230 Å². The first-order valence-electron chi connectivity index (χ1n) is 13.1. The molecule has 0 aromatic heterocycles. The third-order valence-corrected chi connectivity index (χ3v) is 8.98. The number of Topliss-reactive ketones (excluding diaryl/α,β-unsaturated/α-hetero) is 3. The first-order valence-corrected chi connectivity index (χ1v) is 13.1. The summed E-state index contributed by atoms with van der Waals surface area (Å²) in [5.41, 5.74) is 11.3. The number of primary amides is 1. The number of aromatic hydroxyl groups is 1. The van der Waals surface area contributed by atoms with Crippen LogP contribution < -0.4 is 16.2 Å². The van der Waals surface area contributed by atoms with Gasteiger partial charge in [0, 0.05) is 24.1 Å². The number of likely N-dealkylation sites (N-methyl/N-ethyl adjacent to an activating group) is 1. The Morgan fingerprint density at radius 3 is 2.45 bits per heavy atom. The maximum Gasteiger partial charge on any atom is 0.230 e. The number of benzene rings is 2. The summed E-state index contributed by atoms with van der Waals surface area (Å²) < 4.78 is 5.37. The molecule has 212 valence electrons. The number of aliphatic hydroxyl groups is 2. The van der Waals surface area contributed by atoms with Gasteiger partial charge in [-0.2, -0.15) is 0 Å². The SMILES string of the molecule is COc1ccc(-c2ccc(O)c3c2C[C@@H]2C[C@@H]4[C@@H](N(C)C)C(O)C(C(N)=O)C(=O)[C@]4(O)C(=O)C2C3=O)cc1CN. The summed E-state index contributed by atoms with van der Waals surface area (Å²) in [5.74, 6) is -8.74. The van der Waals surface area contributed by atoms with Crippen molar-refractivity contribution in [1.82, 2.24) is 4.90 Å². The summed E-state index contributed by atoms with van der Waals surface area (Å²) in [6, 6.07) is 7.53. The predicted octanol–water partition coefficient (Wildman–Crippen LogP) is -0.207. The highest BCUT2D eigenvalue weighted by Gasteiger charge is 2.69. The van der Waals surface area contributed by atoms with E-state index >= 15 is 0 Å². The Bertz CT molecular complexity index is 1440. The summed E-state index contributed by atoms with van der Waals surface area (Å²) in [7, 11) is 4.75. The van der Waals surface area contributed by atoms with Crippen LogP contribution in [0, 0.1) is 23.7 Å². The standard InChI is InChI=1S/C29H33N3O8/c1-32(2)23-17-10-13-9-16-15(12-4-7-19(40-3)14(8-12)11-30)5-6-18(33)21(16)24(34)20(13)26(36)29(17,39)27(37)22(25(23)35)28(31)38/h4-8,13,17,20,22-23,25,33,35,39H,9-11,30H2,1-3H3,(H2,31,38)/t13-,17-,20?,22?,23-,25?,29-/m1/s1. The molecule has 2 fully saturated rings. The normalized spacial score (nSPS) is 31.4. The molecule has 5 rings (SSSR count). The van der Waals surface area contributed by atoms with Gasteiger partial charge in [0.15, 0.2) is 23.0 Å². The fourth-order valence-electron chi connectivity index (χ4n) is 7.20. The Kier molecular flexibility index (Phi) is 6.82. The summed E-state index contributed by atoms with van der Waals surface area (Å²) >= 11 is 0. The highest BCUT2D eigenvalue weighted by atomic mass is 16.5. The van der Waals surface area contributed by atoms with Crippen molar-refractivity contribution in [3.8, 4) is 22.6 Å². The Morgan fingerprint density at radius 2 is 1.85 bits per heavy atom. The lowest BCUT2D eigenvalue weighted by atomic mass is 9.52. The molecule has 3 unspecified atom stereocenters. The van der Waals surface area contributed by atoms with Gasteiger partial charge < -0.3 is 36.4 Å². The van der Waals surface area contributed by atoms with Crippen molar-refractivity contribution in [2.24, 2.45) is 35.1 Å². The van der Waals surface area contributed by atoms with Crippen molar-refractivity contribution in [3.05, 3.63) is 47.0 Å². The number of phenols is 1. The lowest BCUT2D eigenvalue weighted by Crippen LogP contribution is -2.75. The van der Waals surface area contributed by atoms with Gasteiger partial charge in [0.05, 0.1) is 24.7 Å². The number of fused-ring (bicyclic) bond motifs is 3. The number of hydrogen-bond acceptors (Lipinski definition) is 10. The molecule has 1 amide bonds. The van der Waals surface area contributed by atoms with Crippen LogP contribution in [0.25, 0.3) is 11.1 Å². The number of amides is 1. The number of nitrogens with zero attached hydrogens (tertiary/aromatic N) is 1. The average molecular weight is 552 g/mol. The van der Waals surface area contributed by atoms with Crippen LogP contribution in [0.4, 0.5) is 0 Å². The molecule has 2 aromatic carbocycles. The number of carbonyl (C=O) groups is 4. The van der Waals surface area contributed by atoms with E-state index in [1.807, 2.05) is 12.1 Å². The fraction of sp³-hybridized carbons (Fsp3) is 0.448. The molecule has 0 bridgehead atoms. The van der Waals surface area contributed by atoms with E-state index < -0.39 is 64.7 Å². The van der Waals surface area contributed by atoms with Gasteiger partial charge in [0.1, 0.15) is 17.4 Å². The van der Waals surface area contributed by atoms with Crippen molar-refractivity contribution < 1.29 is 39.2 Å². The van der Waals surface area contributed by atoms with Gasteiger partial charge >= 0.3 is 0 Å². The molecule has 0 heterocycles. The third kappa shape index (κ3) is 3.80. The summed E-state index contributed by atoms with van der Waals surface area (Å²) in [5, 5.41) is 33.5. The van der Waals surface area contributed by atoms with Crippen molar-refractivity contribution in [3.63, 3.8) is 0 Å². The Hall–Kier alpha value is -3.64. The molecule has 11 nitrogen and oxygen atoms in total. The van der Waals surface area contributed by atoms with Gasteiger partial charge in [-0.3, -0.25) is 19.2 Å². The van der Waals surface area contributed by atoms with E-state index in [1.165, 1.54) is 13.2 Å². The summed E-state index contributed by atoms with van der Waals surface area (Å²) in [6.07, 6.45) is -1.31. The minimum Gasteiger partial charge on any atom is -0.507 e. The molecule has 11 heteroatoms. The molecule has 3 aliphatic rings. The first kappa shape index (κ1) is 27.9. The van der Waals surface area contributed by atoms with Gasteiger partial charge in [-0.25, -0.2) is 0 Å². The summed E-state index contributed by atoms with van der Waals surface area (Å²) in [4.78, 5) is 55.0. The van der Waals surface area contributed by atoms with Crippen molar-refractivity contribution in [1.29, 1.82) is 0 Å². The van der Waals surface area contributed by atoms with Crippen LogP contribution in [-0.2, 0) is 27.3 Å². The second-order valence-corrected chi connectivity index (χ2v) is 11.2. The predicted molar refractivity (Wildman–Crippen MR) is 142 cm³/mol. The fourth-order valence-corrected chi connectivity index (χ4v) is 7.20. The molecule has 7 N–H and O–H groups in total. The second-order valence-electron chi connectivity index (χ2n) is 11.2. The lowest BCUT2D eigenvalue weighted by molar-refractivity contribution is -0.190. The lowest BCUT2D eigenvalue weighted by Gasteiger charge is -2.54. The van der Waals surface area contributed by atoms with E-state index in [-0.39, 0.29) is 30.7 Å². The quantitative estimate of drug-likeness (QED) is 0.311. The van der Waals surface area contributed by atoms with Crippen LogP contribution in [0.15, 0.2) is 30.3 Å². The second kappa shape index (κ2) is 9.77. The van der Waals surface area contributed by atoms with E-state index in [4.69, 9.17) is 16.2 Å². The van der Waals surface area contributed by atoms with Crippen LogP contribution >= 0.6 is 0 Å². The number of ether oxygens (including phenoxy) is 1. The number of hydrogen-bond donors (Lipinski definition) is 5. The Morgan fingerprint density at radius 1 is 1.15 bits per heavy atom. The zero-order chi connectivity index (χ0) is 29.3. The average Bonchev–Trinajstić information content (AvgIpc) is 2.90. The summed E-state index contributed by atoms with van der Waals surface area (Å²) in [6.45, 7) is 0.213. The topological polar surface area (TPSA) is 193 Å². The highest BCUT2D eigenvalue weighted by molar-refractivity contribution is 6.25. The van der Waals surface area contributed by atoms with E-state index in [9.17, 15) is 34.5 Å². The minimum absolute atomic E-state index is 0.0426. The number of carbonyl (C=O) groups excluding carboxylic acids is 4. The van der Waals surface area contributed by atoms with Crippen LogP contribution in [-0.4, -0.2) is 82.4 Å². The third-order valence-electron chi connectivity index (χ3n) is 8.98. The number of phenolic OH excluding ortho intramolecular Hbond substituents is 1. The van der Waals surface area contributed by atoms with E-state index in [0.29, 0.717) is 16.9 Å². The number of rotatable bonds is 5. The first-order chi connectivity index (χ1) is 18.9. The van der Waals surface area contributed by atoms with Crippen LogP contribution in [0.2, 0.25) is 0 Å². The van der Waals surface area contributed by atoms with Gasteiger partial charge in [0.25, 0.3) is 0 Å². The molecule has 0 saturated heterocycles. The highest BCUT2D eigenvalue weighted by Crippen LogP contribution is 2.52. The van der Waals surface area contributed by atoms with Gasteiger partial charge in [-0.05, 0) is 67.7 Å². The molecule has 2 aromatic rings. The zero-order valence-electron chi connectivity index (χ0n) is 22.5. The maximum absolute atomic E-state index is 14.0. The van der Waals surface area contributed by atoms with Gasteiger partial charge in [-0.1, -0.05) is 12.1 Å². The van der Waals surface area contributed by atoms with Crippen molar-refractivity contribution in [2.75, 3.05) is 21.2 Å². The molecule has 3 aliphatic carbocycles. The monoisotopic (exact) mass is 551 g/mol. The molecule has 0 aliphatic heterocycles. The van der Waals surface area contributed by atoms with Crippen LogP contribution in [0.5, 0.6) is 11.5 Å².